The molecule has 0 radical (unpaired) electrons. The van der Waals surface area contributed by atoms with Gasteiger partial charge in [-0.3, -0.25) is 0 Å². The predicted molar refractivity (Wildman–Crippen MR) is 136 cm³/mol. The average Bonchev–Trinajstić information content (AvgIpc) is 2.81. The predicted octanol–water partition coefficient (Wildman–Crippen LogP) is 5.40. The number of carbonyl (C=O) groups excluding carboxylic acids is 1. The summed E-state index contributed by atoms with van der Waals surface area (Å²) in [4.78, 5) is 25.2. The average molecular weight is 520 g/mol. The molecule has 0 aliphatic carbocycles. The number of benzene rings is 2. The molecule has 188 valence electrons. The third-order valence-corrected chi connectivity index (χ3v) is 7.73. The van der Waals surface area contributed by atoms with Crippen molar-refractivity contribution in [3.8, 4) is 5.75 Å². The second kappa shape index (κ2) is 11.4. The van der Waals surface area contributed by atoms with Crippen molar-refractivity contribution in [1.29, 1.82) is 0 Å². The van der Waals surface area contributed by atoms with Crippen LogP contribution >= 0.6 is 11.6 Å². The second-order valence-corrected chi connectivity index (χ2v) is 10.8. The lowest BCUT2D eigenvalue weighted by molar-refractivity contribution is -0.137. The first-order valence-electron chi connectivity index (χ1n) is 11.6. The molecular weight excluding hydrogens is 490 g/mol. The van der Waals surface area contributed by atoms with E-state index in [0.717, 1.165) is 24.0 Å². The van der Waals surface area contributed by atoms with Gasteiger partial charge < -0.3 is 9.15 Å². The third-order valence-electron chi connectivity index (χ3n) is 5.97. The van der Waals surface area contributed by atoms with Gasteiger partial charge in [0.05, 0.1) is 9.92 Å². The van der Waals surface area contributed by atoms with Gasteiger partial charge in [-0.1, -0.05) is 62.9 Å². The van der Waals surface area contributed by atoms with Crippen molar-refractivity contribution in [2.24, 2.45) is 5.92 Å². The Morgan fingerprint density at radius 1 is 1.14 bits per heavy atom. The minimum atomic E-state index is -3.98. The summed E-state index contributed by atoms with van der Waals surface area (Å²) in [5, 5.41) is 0.822. The summed E-state index contributed by atoms with van der Waals surface area (Å²) >= 11 is 6.42. The first-order chi connectivity index (χ1) is 16.6. The van der Waals surface area contributed by atoms with Crippen molar-refractivity contribution >= 4 is 38.6 Å². The summed E-state index contributed by atoms with van der Waals surface area (Å²) in [6.45, 7) is 7.51. The van der Waals surface area contributed by atoms with Crippen LogP contribution in [-0.2, 0) is 21.2 Å². The maximum atomic E-state index is 13.1. The maximum Gasteiger partial charge on any atom is 0.336 e. The van der Waals surface area contributed by atoms with E-state index in [1.807, 2.05) is 13.8 Å². The van der Waals surface area contributed by atoms with Gasteiger partial charge in [-0.2, -0.15) is 4.72 Å². The molecule has 35 heavy (non-hydrogen) atoms. The van der Waals surface area contributed by atoms with Crippen molar-refractivity contribution in [2.75, 3.05) is 0 Å². The highest BCUT2D eigenvalue weighted by Gasteiger charge is 2.32. The SMILES string of the molecule is CCCCc1cc(=O)oc2cc(OC(=O)[C@@H](NS(=O)(=O)c3ccc(C)cc3)[C@H](C)CC)c(Cl)cc12. The Bertz CT molecular complexity index is 1370. The highest BCUT2D eigenvalue weighted by Crippen LogP contribution is 2.32. The lowest BCUT2D eigenvalue weighted by atomic mass is 10.0. The number of carbonyl (C=O) groups is 1. The molecule has 0 saturated carbocycles. The molecule has 9 heteroatoms. The fourth-order valence-corrected chi connectivity index (χ4v) is 5.13. The number of hydrogen-bond acceptors (Lipinski definition) is 6. The smallest absolute Gasteiger partial charge is 0.336 e. The molecule has 3 aromatic rings. The van der Waals surface area contributed by atoms with Gasteiger partial charge >= 0.3 is 11.6 Å². The fourth-order valence-electron chi connectivity index (χ4n) is 3.64. The highest BCUT2D eigenvalue weighted by molar-refractivity contribution is 7.89. The van der Waals surface area contributed by atoms with Gasteiger partial charge in [-0.15, -0.1) is 0 Å². The number of hydrogen-bond donors (Lipinski definition) is 1. The first kappa shape index (κ1) is 26.9. The van der Waals surface area contributed by atoms with Crippen LogP contribution in [0.25, 0.3) is 11.0 Å². The molecule has 0 amide bonds. The zero-order valence-electron chi connectivity index (χ0n) is 20.3. The van der Waals surface area contributed by atoms with Crippen molar-refractivity contribution in [1.82, 2.24) is 4.72 Å². The molecule has 0 fully saturated rings. The summed E-state index contributed by atoms with van der Waals surface area (Å²) in [6.07, 6.45) is 3.06. The van der Waals surface area contributed by atoms with Gasteiger partial charge in [0.25, 0.3) is 0 Å². The standard InChI is InChI=1S/C26H30ClNO6S/c1-5-7-8-18-13-24(29)33-22-15-23(21(27)14-20(18)22)34-26(30)25(17(4)6-2)28-35(31,32)19-11-9-16(3)10-12-19/h9-15,17,25,28H,5-8H2,1-4H3/t17-,25+/m1/s1. The Morgan fingerprint density at radius 3 is 2.46 bits per heavy atom. The lowest BCUT2D eigenvalue weighted by Crippen LogP contribution is -2.46. The van der Waals surface area contributed by atoms with Crippen LogP contribution in [0.5, 0.6) is 5.75 Å². The van der Waals surface area contributed by atoms with Crippen LogP contribution in [0.15, 0.2) is 56.6 Å². The van der Waals surface area contributed by atoms with Crippen molar-refractivity contribution < 1.29 is 22.4 Å². The monoisotopic (exact) mass is 519 g/mol. The minimum Gasteiger partial charge on any atom is -0.424 e. The van der Waals surface area contributed by atoms with E-state index in [4.69, 9.17) is 20.8 Å². The number of ether oxygens (including phenoxy) is 1. The van der Waals surface area contributed by atoms with Gasteiger partial charge in [0.1, 0.15) is 11.6 Å². The number of unbranched alkanes of at least 4 members (excludes halogenated alkanes) is 1. The summed E-state index contributed by atoms with van der Waals surface area (Å²) in [6, 6.07) is 9.62. The molecule has 0 aliphatic heterocycles. The first-order valence-corrected chi connectivity index (χ1v) is 13.5. The van der Waals surface area contributed by atoms with Gasteiger partial charge in [0.15, 0.2) is 5.75 Å². The zero-order chi connectivity index (χ0) is 25.8. The molecule has 1 aromatic heterocycles. The summed E-state index contributed by atoms with van der Waals surface area (Å²) < 4.78 is 39.2. The topological polar surface area (TPSA) is 103 Å². The van der Waals surface area contributed by atoms with Crippen LogP contribution in [-0.4, -0.2) is 20.4 Å². The Morgan fingerprint density at radius 2 is 1.83 bits per heavy atom. The summed E-state index contributed by atoms with van der Waals surface area (Å²) in [5.74, 6) is -1.18. The van der Waals surface area contributed by atoms with E-state index < -0.39 is 27.7 Å². The quantitative estimate of drug-likeness (QED) is 0.219. The number of aryl methyl sites for hydroxylation is 2. The van der Waals surface area contributed by atoms with Crippen LogP contribution in [0.4, 0.5) is 0 Å². The van der Waals surface area contributed by atoms with Crippen LogP contribution in [0.1, 0.15) is 51.2 Å². The normalized spacial score (nSPS) is 13.5. The Balaban J connectivity index is 1.92. The van der Waals surface area contributed by atoms with E-state index in [0.29, 0.717) is 18.2 Å². The van der Waals surface area contributed by atoms with E-state index in [1.54, 1.807) is 25.1 Å². The lowest BCUT2D eigenvalue weighted by Gasteiger charge is -2.23. The Hall–Kier alpha value is -2.68. The minimum absolute atomic E-state index is 0.0113. The molecule has 1 heterocycles. The number of rotatable bonds is 10. The molecule has 0 bridgehead atoms. The molecular formula is C26H30ClNO6S. The van der Waals surface area contributed by atoms with E-state index >= 15 is 0 Å². The molecule has 2 atom stereocenters. The summed E-state index contributed by atoms with van der Waals surface area (Å²) in [5.41, 5.74) is 1.46. The molecule has 0 unspecified atom stereocenters. The number of fused-ring (bicyclic) bond motifs is 1. The number of nitrogens with one attached hydrogen (secondary N) is 1. The molecule has 2 aromatic carbocycles. The molecule has 0 saturated heterocycles. The van der Waals surface area contributed by atoms with Crippen LogP contribution in [0, 0.1) is 12.8 Å². The van der Waals surface area contributed by atoms with Crippen LogP contribution < -0.4 is 15.1 Å². The number of esters is 1. The van der Waals surface area contributed by atoms with Gasteiger partial charge in [-0.25, -0.2) is 18.0 Å². The van der Waals surface area contributed by atoms with Crippen molar-refractivity contribution in [3.63, 3.8) is 0 Å². The summed E-state index contributed by atoms with van der Waals surface area (Å²) in [7, 11) is -3.98. The van der Waals surface area contributed by atoms with Crippen LogP contribution in [0.3, 0.4) is 0 Å². The highest BCUT2D eigenvalue weighted by atomic mass is 35.5. The fraction of sp³-hybridized carbons (Fsp3) is 0.385. The Labute approximate surface area is 210 Å². The van der Waals surface area contributed by atoms with Gasteiger partial charge in [-0.05, 0) is 49.4 Å². The Kier molecular flexibility index (Phi) is 8.74. The number of halogens is 1. The zero-order valence-corrected chi connectivity index (χ0v) is 21.8. The van der Waals surface area contributed by atoms with E-state index in [2.05, 4.69) is 11.6 Å². The molecule has 0 aliphatic rings. The van der Waals surface area contributed by atoms with E-state index in [1.165, 1.54) is 24.3 Å². The van der Waals surface area contributed by atoms with Crippen LogP contribution in [0.2, 0.25) is 5.02 Å². The molecule has 7 nitrogen and oxygen atoms in total. The molecule has 0 spiro atoms. The van der Waals surface area contributed by atoms with E-state index in [9.17, 15) is 18.0 Å². The largest absolute Gasteiger partial charge is 0.424 e. The third kappa shape index (κ3) is 6.51. The van der Waals surface area contributed by atoms with Gasteiger partial charge in [0.2, 0.25) is 10.0 Å². The van der Waals surface area contributed by atoms with Crippen molar-refractivity contribution in [3.05, 3.63) is 69.0 Å². The molecule has 1 N–H and O–H groups in total. The number of sulfonamides is 1. The maximum absolute atomic E-state index is 13.1. The van der Waals surface area contributed by atoms with E-state index in [-0.39, 0.29) is 27.2 Å². The van der Waals surface area contributed by atoms with Gasteiger partial charge in [0, 0.05) is 17.5 Å². The molecule has 3 rings (SSSR count). The van der Waals surface area contributed by atoms with Crippen molar-refractivity contribution in [2.45, 2.75) is 64.3 Å². The second-order valence-electron chi connectivity index (χ2n) is 8.69.